The molecule has 2 heterocycles. The van der Waals surface area contributed by atoms with E-state index in [1.165, 1.54) is 23.5 Å². The fourth-order valence-corrected chi connectivity index (χ4v) is 2.54. The highest BCUT2D eigenvalue weighted by molar-refractivity contribution is 5.93. The molecule has 1 N–H and O–H groups in total. The summed E-state index contributed by atoms with van der Waals surface area (Å²) in [5, 5.41) is 3.96. The van der Waals surface area contributed by atoms with Crippen molar-refractivity contribution in [3.63, 3.8) is 0 Å². The van der Waals surface area contributed by atoms with Crippen molar-refractivity contribution in [2.45, 2.75) is 13.5 Å². The number of rotatable bonds is 7. The first kappa shape index (κ1) is 18.2. The molecule has 3 rings (SSSR count). The minimum atomic E-state index is -0.462. The first-order valence-electron chi connectivity index (χ1n) is 8.59. The molecule has 0 fully saturated rings. The van der Waals surface area contributed by atoms with Crippen molar-refractivity contribution < 1.29 is 4.79 Å². The molecule has 0 aliphatic carbocycles. The van der Waals surface area contributed by atoms with Gasteiger partial charge in [0.25, 0.3) is 11.5 Å². The Morgan fingerprint density at radius 1 is 1.30 bits per heavy atom. The molecule has 1 aromatic carbocycles. The van der Waals surface area contributed by atoms with Crippen molar-refractivity contribution in [1.29, 1.82) is 0 Å². The first-order chi connectivity index (χ1) is 13.2. The van der Waals surface area contributed by atoms with Gasteiger partial charge in [-0.2, -0.15) is 5.10 Å². The van der Waals surface area contributed by atoms with Crippen LogP contribution in [0.2, 0.25) is 0 Å². The lowest BCUT2D eigenvalue weighted by Crippen LogP contribution is -2.35. The van der Waals surface area contributed by atoms with Gasteiger partial charge < -0.3 is 9.88 Å². The molecule has 27 heavy (non-hydrogen) atoms. The number of aromatic nitrogens is 5. The Balaban J connectivity index is 1.69. The van der Waals surface area contributed by atoms with E-state index in [9.17, 15) is 9.59 Å². The summed E-state index contributed by atoms with van der Waals surface area (Å²) in [6, 6.07) is 9.82. The van der Waals surface area contributed by atoms with E-state index < -0.39 is 5.56 Å². The molecule has 0 saturated carbocycles. The molecule has 0 atom stereocenters. The van der Waals surface area contributed by atoms with Crippen LogP contribution in [0.25, 0.3) is 6.08 Å². The molecule has 8 nitrogen and oxygen atoms in total. The van der Waals surface area contributed by atoms with Gasteiger partial charge in [-0.15, -0.1) is 0 Å². The van der Waals surface area contributed by atoms with Crippen molar-refractivity contribution in [1.82, 2.24) is 29.6 Å². The standard InChI is InChI=1S/C19H20N6O2/c1-2-24(10-6-9-15-7-4-3-5-8-15)19(27)16-11-21-17(23-18(16)26)12-25-14-20-13-22-25/h3-9,11,13-14H,2,10,12H2,1H3,(H,21,23,26)/b9-6+. The van der Waals surface area contributed by atoms with E-state index in [1.807, 2.05) is 49.4 Å². The normalized spacial score (nSPS) is 11.0. The van der Waals surface area contributed by atoms with Gasteiger partial charge in [0.2, 0.25) is 0 Å². The van der Waals surface area contributed by atoms with E-state index >= 15 is 0 Å². The van der Waals surface area contributed by atoms with Crippen LogP contribution in [0.15, 0.2) is 60.1 Å². The molecule has 0 aliphatic rings. The highest BCUT2D eigenvalue weighted by atomic mass is 16.2. The number of carbonyl (C=O) groups is 1. The summed E-state index contributed by atoms with van der Waals surface area (Å²) in [6.07, 6.45) is 8.09. The molecule has 0 unspecified atom stereocenters. The van der Waals surface area contributed by atoms with Crippen molar-refractivity contribution in [2.75, 3.05) is 13.1 Å². The molecule has 2 aromatic heterocycles. The lowest BCUT2D eigenvalue weighted by Gasteiger charge is -2.18. The van der Waals surface area contributed by atoms with Gasteiger partial charge in [0.15, 0.2) is 0 Å². The van der Waals surface area contributed by atoms with E-state index in [0.717, 1.165) is 5.56 Å². The van der Waals surface area contributed by atoms with Gasteiger partial charge in [-0.25, -0.2) is 14.6 Å². The van der Waals surface area contributed by atoms with E-state index in [1.54, 1.807) is 4.90 Å². The fraction of sp³-hybridized carbons (Fsp3) is 0.211. The Bertz CT molecular complexity index is 963. The predicted molar refractivity (Wildman–Crippen MR) is 101 cm³/mol. The van der Waals surface area contributed by atoms with Crippen LogP contribution < -0.4 is 5.56 Å². The summed E-state index contributed by atoms with van der Waals surface area (Å²) >= 11 is 0. The Morgan fingerprint density at radius 3 is 2.78 bits per heavy atom. The maximum Gasteiger partial charge on any atom is 0.263 e. The molecule has 0 radical (unpaired) electrons. The number of nitrogens with one attached hydrogen (secondary N) is 1. The maximum atomic E-state index is 12.7. The summed E-state index contributed by atoms with van der Waals surface area (Å²) in [4.78, 5) is 37.2. The lowest BCUT2D eigenvalue weighted by molar-refractivity contribution is 0.0780. The second-order valence-electron chi connectivity index (χ2n) is 5.82. The minimum absolute atomic E-state index is 0.0206. The van der Waals surface area contributed by atoms with Gasteiger partial charge in [-0.3, -0.25) is 9.59 Å². The highest BCUT2D eigenvalue weighted by Gasteiger charge is 2.17. The van der Waals surface area contributed by atoms with Gasteiger partial charge >= 0.3 is 0 Å². The van der Waals surface area contributed by atoms with Crippen LogP contribution in [0.3, 0.4) is 0 Å². The molecule has 0 saturated heterocycles. The van der Waals surface area contributed by atoms with E-state index in [-0.39, 0.29) is 18.0 Å². The quantitative estimate of drug-likeness (QED) is 0.687. The fourth-order valence-electron chi connectivity index (χ4n) is 2.54. The van der Waals surface area contributed by atoms with Crippen LogP contribution >= 0.6 is 0 Å². The van der Waals surface area contributed by atoms with Gasteiger partial charge in [0.05, 0.1) is 0 Å². The van der Waals surface area contributed by atoms with E-state index in [2.05, 4.69) is 20.1 Å². The number of hydrogen-bond acceptors (Lipinski definition) is 5. The molecule has 138 valence electrons. The number of nitrogens with zero attached hydrogens (tertiary/aromatic N) is 5. The SMILES string of the molecule is CCN(C/C=C/c1ccccc1)C(=O)c1cnc(Cn2cncn2)[nH]c1=O. The van der Waals surface area contributed by atoms with Crippen molar-refractivity contribution >= 4 is 12.0 Å². The van der Waals surface area contributed by atoms with E-state index in [0.29, 0.717) is 18.9 Å². The van der Waals surface area contributed by atoms with Crippen LogP contribution in [0.1, 0.15) is 28.7 Å². The first-order valence-corrected chi connectivity index (χ1v) is 8.59. The van der Waals surface area contributed by atoms with Crippen LogP contribution in [0, 0.1) is 0 Å². The Morgan fingerprint density at radius 2 is 2.11 bits per heavy atom. The molecule has 0 spiro atoms. The number of H-pyrrole nitrogens is 1. The van der Waals surface area contributed by atoms with Gasteiger partial charge in [-0.1, -0.05) is 42.5 Å². The molecule has 0 bridgehead atoms. The summed E-state index contributed by atoms with van der Waals surface area (Å²) in [5.41, 5.74) is 0.612. The summed E-state index contributed by atoms with van der Waals surface area (Å²) in [6.45, 7) is 3.04. The Labute approximate surface area is 156 Å². The Hall–Kier alpha value is -3.55. The number of benzene rings is 1. The van der Waals surface area contributed by atoms with Crippen LogP contribution in [-0.4, -0.2) is 48.6 Å². The predicted octanol–water partition coefficient (Wildman–Crippen LogP) is 1.59. The molecular weight excluding hydrogens is 344 g/mol. The molecule has 1 amide bonds. The maximum absolute atomic E-state index is 12.7. The van der Waals surface area contributed by atoms with E-state index in [4.69, 9.17) is 0 Å². The zero-order valence-electron chi connectivity index (χ0n) is 14.9. The third-order valence-corrected chi connectivity index (χ3v) is 3.97. The Kier molecular flexibility index (Phi) is 5.88. The number of aromatic amines is 1. The third kappa shape index (κ3) is 4.75. The van der Waals surface area contributed by atoms with Crippen molar-refractivity contribution in [2.24, 2.45) is 0 Å². The smallest absolute Gasteiger partial charge is 0.263 e. The number of carbonyl (C=O) groups excluding carboxylic acids is 1. The van der Waals surface area contributed by atoms with Crippen molar-refractivity contribution in [3.8, 4) is 0 Å². The molecule has 8 heteroatoms. The number of hydrogen-bond donors (Lipinski definition) is 1. The average molecular weight is 364 g/mol. The highest BCUT2D eigenvalue weighted by Crippen LogP contribution is 2.04. The van der Waals surface area contributed by atoms with Crippen LogP contribution in [0.5, 0.6) is 0 Å². The third-order valence-electron chi connectivity index (χ3n) is 3.97. The minimum Gasteiger partial charge on any atom is -0.335 e. The topological polar surface area (TPSA) is 96.8 Å². The zero-order chi connectivity index (χ0) is 19.1. The molecule has 0 aliphatic heterocycles. The lowest BCUT2D eigenvalue weighted by atomic mass is 10.2. The molecule has 3 aromatic rings. The summed E-state index contributed by atoms with van der Waals surface area (Å²) in [5.74, 6) is 0.0605. The van der Waals surface area contributed by atoms with Gasteiger partial charge in [0.1, 0.15) is 30.6 Å². The zero-order valence-corrected chi connectivity index (χ0v) is 14.9. The average Bonchev–Trinajstić information content (AvgIpc) is 3.19. The number of amides is 1. The van der Waals surface area contributed by atoms with Gasteiger partial charge in [-0.05, 0) is 12.5 Å². The van der Waals surface area contributed by atoms with Crippen LogP contribution in [0.4, 0.5) is 0 Å². The van der Waals surface area contributed by atoms with Crippen LogP contribution in [-0.2, 0) is 6.54 Å². The largest absolute Gasteiger partial charge is 0.335 e. The summed E-state index contributed by atoms with van der Waals surface area (Å²) < 4.78 is 1.53. The van der Waals surface area contributed by atoms with Gasteiger partial charge in [0, 0.05) is 19.3 Å². The second kappa shape index (κ2) is 8.70. The van der Waals surface area contributed by atoms with Crippen molar-refractivity contribution in [3.05, 3.63) is 82.6 Å². The number of likely N-dealkylation sites (N-methyl/N-ethyl adjacent to an activating group) is 1. The monoisotopic (exact) mass is 364 g/mol. The summed E-state index contributed by atoms with van der Waals surface area (Å²) in [7, 11) is 0. The molecular formula is C19H20N6O2. The second-order valence-corrected chi connectivity index (χ2v) is 5.82.